The minimum atomic E-state index is -0.800. The molecule has 2 aromatic rings. The van der Waals surface area contributed by atoms with Crippen LogP contribution in [0.4, 0.5) is 11.5 Å². The molecule has 0 radical (unpaired) electrons. The van der Waals surface area contributed by atoms with Gasteiger partial charge in [-0.25, -0.2) is 9.88 Å². The summed E-state index contributed by atoms with van der Waals surface area (Å²) in [7, 11) is 0. The normalized spacial score (nSPS) is 21.0. The highest BCUT2D eigenvalue weighted by Crippen LogP contribution is 2.36. The predicted octanol–water partition coefficient (Wildman–Crippen LogP) is 1.91. The van der Waals surface area contributed by atoms with Crippen molar-refractivity contribution in [2.45, 2.75) is 12.0 Å². The Hall–Kier alpha value is -3.58. The number of anilines is 2. The zero-order valence-corrected chi connectivity index (χ0v) is 13.3. The van der Waals surface area contributed by atoms with Crippen LogP contribution in [0.15, 0.2) is 36.5 Å². The average Bonchev–Trinajstić information content (AvgIpc) is 2.97. The highest BCUT2D eigenvalue weighted by Gasteiger charge is 2.49. The van der Waals surface area contributed by atoms with E-state index in [9.17, 15) is 4.79 Å². The second-order valence-corrected chi connectivity index (χ2v) is 6.18. The molecule has 1 amide bonds. The molecule has 3 heterocycles. The summed E-state index contributed by atoms with van der Waals surface area (Å²) in [5.74, 6) is 0.392. The quantitative estimate of drug-likeness (QED) is 0.774. The summed E-state index contributed by atoms with van der Waals surface area (Å²) in [6.07, 6.45) is 4.21. The molecule has 1 aromatic carbocycles. The van der Waals surface area contributed by atoms with E-state index >= 15 is 0 Å². The van der Waals surface area contributed by atoms with Crippen LogP contribution in [-0.4, -0.2) is 34.4 Å². The summed E-state index contributed by atoms with van der Waals surface area (Å²) >= 11 is 0. The van der Waals surface area contributed by atoms with Crippen LogP contribution < -0.4 is 10.6 Å². The fraction of sp³-hybridized carbons (Fsp3) is 0.222. The van der Waals surface area contributed by atoms with E-state index in [1.165, 1.54) is 4.90 Å². The number of rotatable bonds is 1. The minimum absolute atomic E-state index is 0.217. The first-order chi connectivity index (χ1) is 12.1. The molecule has 2 N–H and O–H groups in total. The summed E-state index contributed by atoms with van der Waals surface area (Å²) in [4.78, 5) is 18.1. The number of nitriles is 2. The summed E-state index contributed by atoms with van der Waals surface area (Å²) < 4.78 is 0. The molecule has 1 saturated heterocycles. The van der Waals surface area contributed by atoms with Crippen molar-refractivity contribution in [1.82, 2.24) is 9.88 Å². The molecule has 1 spiro atoms. The second kappa shape index (κ2) is 5.50. The number of benzene rings is 1. The van der Waals surface area contributed by atoms with E-state index in [2.05, 4.69) is 21.7 Å². The molecule has 1 unspecified atom stereocenters. The zero-order chi connectivity index (χ0) is 17.4. The van der Waals surface area contributed by atoms with Gasteiger partial charge in [0.05, 0.1) is 17.3 Å². The molecule has 7 nitrogen and oxygen atoms in total. The summed E-state index contributed by atoms with van der Waals surface area (Å²) in [6, 6.07) is 11.4. The van der Waals surface area contributed by atoms with Crippen LogP contribution in [0.3, 0.4) is 0 Å². The van der Waals surface area contributed by atoms with Gasteiger partial charge in [0.1, 0.15) is 11.4 Å². The van der Waals surface area contributed by atoms with E-state index in [0.717, 1.165) is 16.8 Å². The number of carbonyl (C=O) groups excluding carboxylic acids is 1. The number of likely N-dealkylation sites (tertiary alicyclic amines) is 1. The Morgan fingerprint density at radius 2 is 2.00 bits per heavy atom. The smallest absolute Gasteiger partial charge is 0.263 e. The van der Waals surface area contributed by atoms with Crippen molar-refractivity contribution in [2.75, 3.05) is 23.7 Å². The van der Waals surface area contributed by atoms with E-state index in [1.807, 2.05) is 24.4 Å². The molecule has 1 aromatic heterocycles. The van der Waals surface area contributed by atoms with Gasteiger partial charge in [-0.15, -0.1) is 0 Å². The molecule has 4 rings (SSSR count). The Bertz CT molecular complexity index is 940. The first-order valence-corrected chi connectivity index (χ1v) is 7.89. The molecule has 122 valence electrons. The van der Waals surface area contributed by atoms with E-state index in [0.29, 0.717) is 30.9 Å². The van der Waals surface area contributed by atoms with Crippen LogP contribution in [0.2, 0.25) is 0 Å². The maximum atomic E-state index is 12.4. The van der Waals surface area contributed by atoms with Crippen molar-refractivity contribution in [3.63, 3.8) is 0 Å². The minimum Gasteiger partial charge on any atom is -0.379 e. The maximum Gasteiger partial charge on any atom is 0.263 e. The number of hydrogen-bond acceptors (Lipinski definition) is 6. The van der Waals surface area contributed by atoms with Gasteiger partial charge < -0.3 is 10.6 Å². The van der Waals surface area contributed by atoms with Gasteiger partial charge in [0.25, 0.3) is 5.91 Å². The standard InChI is InChI=1S/C18H14N6O/c19-8-12-1-3-13(4-2-12)14-7-15-16(21-9-14)23-18(10-22-15)5-6-24(11-20)17(18)25/h1-4,7,9,22H,5-6,10H2,(H,21,23). The van der Waals surface area contributed by atoms with Crippen molar-refractivity contribution < 1.29 is 4.79 Å². The Balaban J connectivity index is 1.63. The molecule has 0 bridgehead atoms. The Labute approximate surface area is 144 Å². The van der Waals surface area contributed by atoms with Crippen LogP contribution in [0.5, 0.6) is 0 Å². The van der Waals surface area contributed by atoms with E-state index < -0.39 is 5.54 Å². The monoisotopic (exact) mass is 330 g/mol. The van der Waals surface area contributed by atoms with E-state index in [4.69, 9.17) is 10.5 Å². The first kappa shape index (κ1) is 15.0. The van der Waals surface area contributed by atoms with Crippen molar-refractivity contribution in [3.8, 4) is 23.4 Å². The SMILES string of the molecule is N#Cc1ccc(-c2cnc3c(c2)NCC2(CCN(C#N)C2=O)N3)cc1. The lowest BCUT2D eigenvalue weighted by Gasteiger charge is -2.34. The lowest BCUT2D eigenvalue weighted by molar-refractivity contribution is -0.128. The number of amides is 1. The van der Waals surface area contributed by atoms with Gasteiger partial charge in [-0.05, 0) is 23.8 Å². The number of carbonyl (C=O) groups is 1. The van der Waals surface area contributed by atoms with Gasteiger partial charge in [-0.3, -0.25) is 4.79 Å². The van der Waals surface area contributed by atoms with Crippen LogP contribution in [0.25, 0.3) is 11.1 Å². The fourth-order valence-electron chi connectivity index (χ4n) is 3.26. The first-order valence-electron chi connectivity index (χ1n) is 7.89. The third-order valence-electron chi connectivity index (χ3n) is 4.71. The largest absolute Gasteiger partial charge is 0.379 e. The van der Waals surface area contributed by atoms with Crippen molar-refractivity contribution >= 4 is 17.4 Å². The number of pyridine rings is 1. The van der Waals surface area contributed by atoms with Gasteiger partial charge in [0.2, 0.25) is 0 Å². The average molecular weight is 330 g/mol. The predicted molar refractivity (Wildman–Crippen MR) is 91.2 cm³/mol. The number of hydrogen-bond donors (Lipinski definition) is 2. The number of nitrogens with one attached hydrogen (secondary N) is 2. The van der Waals surface area contributed by atoms with Crippen molar-refractivity contribution in [2.24, 2.45) is 0 Å². The van der Waals surface area contributed by atoms with Crippen LogP contribution in [0.1, 0.15) is 12.0 Å². The Kier molecular flexibility index (Phi) is 3.29. The number of fused-ring (bicyclic) bond motifs is 1. The summed E-state index contributed by atoms with van der Waals surface area (Å²) in [6.45, 7) is 0.832. The number of nitrogens with zero attached hydrogens (tertiary/aromatic N) is 4. The Morgan fingerprint density at radius 3 is 2.68 bits per heavy atom. The maximum absolute atomic E-state index is 12.4. The molecule has 1 atom stereocenters. The van der Waals surface area contributed by atoms with Gasteiger partial charge in [0.15, 0.2) is 6.19 Å². The highest BCUT2D eigenvalue weighted by atomic mass is 16.2. The molecule has 0 aliphatic carbocycles. The zero-order valence-electron chi connectivity index (χ0n) is 13.3. The summed E-state index contributed by atoms with van der Waals surface area (Å²) in [5.41, 5.74) is 2.51. The van der Waals surface area contributed by atoms with Crippen LogP contribution in [0, 0.1) is 22.8 Å². The van der Waals surface area contributed by atoms with Crippen LogP contribution in [-0.2, 0) is 4.79 Å². The molecular weight excluding hydrogens is 316 g/mol. The van der Waals surface area contributed by atoms with E-state index in [1.54, 1.807) is 18.3 Å². The lowest BCUT2D eigenvalue weighted by atomic mass is 9.94. The summed E-state index contributed by atoms with van der Waals surface area (Å²) in [5, 5.41) is 24.4. The molecule has 0 saturated carbocycles. The third kappa shape index (κ3) is 2.34. The van der Waals surface area contributed by atoms with E-state index in [-0.39, 0.29) is 5.91 Å². The third-order valence-corrected chi connectivity index (χ3v) is 4.71. The molecular formula is C18H14N6O. The topological polar surface area (TPSA) is 105 Å². The van der Waals surface area contributed by atoms with Gasteiger partial charge in [-0.2, -0.15) is 10.5 Å². The highest BCUT2D eigenvalue weighted by molar-refractivity contribution is 5.95. The van der Waals surface area contributed by atoms with Gasteiger partial charge >= 0.3 is 0 Å². The number of aromatic nitrogens is 1. The van der Waals surface area contributed by atoms with Gasteiger partial charge in [0, 0.05) is 31.3 Å². The lowest BCUT2D eigenvalue weighted by Crippen LogP contribution is -2.53. The van der Waals surface area contributed by atoms with Gasteiger partial charge in [-0.1, -0.05) is 12.1 Å². The molecule has 2 aliphatic rings. The van der Waals surface area contributed by atoms with Crippen molar-refractivity contribution in [1.29, 1.82) is 10.5 Å². The molecule has 25 heavy (non-hydrogen) atoms. The molecule has 7 heteroatoms. The van der Waals surface area contributed by atoms with Crippen LogP contribution >= 0.6 is 0 Å². The van der Waals surface area contributed by atoms with Crippen molar-refractivity contribution in [3.05, 3.63) is 42.1 Å². The fourth-order valence-corrected chi connectivity index (χ4v) is 3.26. The second-order valence-electron chi connectivity index (χ2n) is 6.18. The Morgan fingerprint density at radius 1 is 1.20 bits per heavy atom. The molecule has 1 fully saturated rings. The molecule has 2 aliphatic heterocycles.